The van der Waals surface area contributed by atoms with Crippen molar-refractivity contribution < 1.29 is 9.53 Å². The van der Waals surface area contributed by atoms with Crippen LogP contribution in [0.4, 0.5) is 0 Å². The number of amides is 1. The molecule has 0 spiro atoms. The fourth-order valence-electron chi connectivity index (χ4n) is 2.88. The van der Waals surface area contributed by atoms with E-state index in [-0.39, 0.29) is 5.91 Å². The first-order valence-electron chi connectivity index (χ1n) is 7.90. The van der Waals surface area contributed by atoms with Crippen molar-refractivity contribution in [3.63, 3.8) is 0 Å². The lowest BCUT2D eigenvalue weighted by atomic mass is 9.93. The average molecular weight is 311 g/mol. The second-order valence-electron chi connectivity index (χ2n) is 5.93. The Morgan fingerprint density at radius 1 is 1.22 bits per heavy atom. The summed E-state index contributed by atoms with van der Waals surface area (Å²) >= 11 is 0. The summed E-state index contributed by atoms with van der Waals surface area (Å²) in [5.74, 6) is 0.836. The van der Waals surface area contributed by atoms with Crippen molar-refractivity contribution >= 4 is 5.91 Å². The number of carbonyl (C=O) groups is 1. The molecule has 2 aromatic rings. The Labute approximate surface area is 136 Å². The SMILES string of the molecule is CC1(c2ccccc2)CN(C(=O)CCc2ncccn2)CCO1. The number of rotatable bonds is 4. The lowest BCUT2D eigenvalue weighted by molar-refractivity contribution is -0.149. The molecule has 1 atom stereocenters. The summed E-state index contributed by atoms with van der Waals surface area (Å²) in [7, 11) is 0. The molecule has 0 aliphatic carbocycles. The summed E-state index contributed by atoms with van der Waals surface area (Å²) in [5.41, 5.74) is 0.655. The van der Waals surface area contributed by atoms with Gasteiger partial charge in [0.2, 0.25) is 5.91 Å². The lowest BCUT2D eigenvalue weighted by Gasteiger charge is -2.41. The van der Waals surface area contributed by atoms with Crippen LogP contribution in [0.25, 0.3) is 0 Å². The molecule has 0 saturated carbocycles. The van der Waals surface area contributed by atoms with E-state index in [0.29, 0.717) is 38.4 Å². The molecule has 0 radical (unpaired) electrons. The van der Waals surface area contributed by atoms with Crippen LogP contribution in [-0.4, -0.2) is 40.5 Å². The maximum absolute atomic E-state index is 12.5. The number of morpholine rings is 1. The third-order valence-corrected chi connectivity index (χ3v) is 4.19. The third-order valence-electron chi connectivity index (χ3n) is 4.19. The van der Waals surface area contributed by atoms with Gasteiger partial charge in [-0.2, -0.15) is 0 Å². The number of nitrogens with zero attached hydrogens (tertiary/aromatic N) is 3. The van der Waals surface area contributed by atoms with Gasteiger partial charge in [0.1, 0.15) is 11.4 Å². The molecule has 2 heterocycles. The molecule has 1 aliphatic heterocycles. The van der Waals surface area contributed by atoms with Crippen LogP contribution in [0.15, 0.2) is 48.8 Å². The zero-order chi connectivity index (χ0) is 16.1. The fourth-order valence-corrected chi connectivity index (χ4v) is 2.88. The van der Waals surface area contributed by atoms with E-state index in [0.717, 1.165) is 5.56 Å². The number of aromatic nitrogens is 2. The third kappa shape index (κ3) is 3.74. The van der Waals surface area contributed by atoms with E-state index in [1.165, 1.54) is 0 Å². The van der Waals surface area contributed by atoms with Crippen molar-refractivity contribution in [1.82, 2.24) is 14.9 Å². The van der Waals surface area contributed by atoms with E-state index in [2.05, 4.69) is 9.97 Å². The van der Waals surface area contributed by atoms with Gasteiger partial charge in [0.15, 0.2) is 0 Å². The molecule has 5 nitrogen and oxygen atoms in total. The summed E-state index contributed by atoms with van der Waals surface area (Å²) < 4.78 is 5.98. The van der Waals surface area contributed by atoms with Crippen LogP contribution in [0, 0.1) is 0 Å². The summed E-state index contributed by atoms with van der Waals surface area (Å²) in [6.45, 7) is 3.81. The van der Waals surface area contributed by atoms with E-state index in [1.807, 2.05) is 42.2 Å². The highest BCUT2D eigenvalue weighted by molar-refractivity contribution is 5.76. The van der Waals surface area contributed by atoms with Gasteiger partial charge in [0.05, 0.1) is 13.2 Å². The highest BCUT2D eigenvalue weighted by atomic mass is 16.5. The van der Waals surface area contributed by atoms with Crippen LogP contribution < -0.4 is 0 Å². The number of aryl methyl sites for hydroxylation is 1. The van der Waals surface area contributed by atoms with Gasteiger partial charge in [-0.05, 0) is 18.6 Å². The van der Waals surface area contributed by atoms with Gasteiger partial charge in [-0.1, -0.05) is 30.3 Å². The molecule has 1 amide bonds. The summed E-state index contributed by atoms with van der Waals surface area (Å²) in [6, 6.07) is 11.9. The summed E-state index contributed by atoms with van der Waals surface area (Å²) in [4.78, 5) is 22.7. The van der Waals surface area contributed by atoms with Gasteiger partial charge in [0.25, 0.3) is 0 Å². The molecule has 1 aromatic heterocycles. The molecule has 1 saturated heterocycles. The van der Waals surface area contributed by atoms with Crippen LogP contribution in [0.3, 0.4) is 0 Å². The number of ether oxygens (including phenoxy) is 1. The minimum atomic E-state index is -0.446. The second-order valence-corrected chi connectivity index (χ2v) is 5.93. The Bertz CT molecular complexity index is 648. The molecular weight excluding hydrogens is 290 g/mol. The quantitative estimate of drug-likeness (QED) is 0.868. The predicted octanol–water partition coefficient (Wildman–Crippen LogP) is 2.18. The fraction of sp³-hybridized carbons (Fsp3) is 0.389. The number of hydrogen-bond acceptors (Lipinski definition) is 4. The van der Waals surface area contributed by atoms with Crippen molar-refractivity contribution in [2.24, 2.45) is 0 Å². The van der Waals surface area contributed by atoms with Crippen molar-refractivity contribution in [3.05, 3.63) is 60.2 Å². The topological polar surface area (TPSA) is 55.3 Å². The minimum absolute atomic E-state index is 0.128. The number of hydrogen-bond donors (Lipinski definition) is 0. The van der Waals surface area contributed by atoms with Crippen LogP contribution in [0.2, 0.25) is 0 Å². The largest absolute Gasteiger partial charge is 0.367 e. The highest BCUT2D eigenvalue weighted by Gasteiger charge is 2.35. The Morgan fingerprint density at radius 3 is 2.70 bits per heavy atom. The minimum Gasteiger partial charge on any atom is -0.367 e. The van der Waals surface area contributed by atoms with Crippen molar-refractivity contribution in [2.45, 2.75) is 25.4 Å². The van der Waals surface area contributed by atoms with Crippen LogP contribution in [0.5, 0.6) is 0 Å². The van der Waals surface area contributed by atoms with E-state index < -0.39 is 5.60 Å². The maximum atomic E-state index is 12.5. The van der Waals surface area contributed by atoms with Crippen molar-refractivity contribution in [3.8, 4) is 0 Å². The van der Waals surface area contributed by atoms with Gasteiger partial charge >= 0.3 is 0 Å². The lowest BCUT2D eigenvalue weighted by Crippen LogP contribution is -2.50. The monoisotopic (exact) mass is 311 g/mol. The molecule has 0 N–H and O–H groups in total. The van der Waals surface area contributed by atoms with E-state index in [4.69, 9.17) is 4.74 Å². The predicted molar refractivity (Wildman–Crippen MR) is 86.7 cm³/mol. The molecule has 0 bridgehead atoms. The first-order chi connectivity index (χ1) is 11.2. The molecule has 3 rings (SSSR count). The first-order valence-corrected chi connectivity index (χ1v) is 7.90. The van der Waals surface area contributed by atoms with Crippen LogP contribution in [-0.2, 0) is 21.6 Å². The number of benzene rings is 1. The average Bonchev–Trinajstić information content (AvgIpc) is 2.61. The molecular formula is C18H21N3O2. The molecule has 1 unspecified atom stereocenters. The Balaban J connectivity index is 1.63. The van der Waals surface area contributed by atoms with Gasteiger partial charge in [-0.3, -0.25) is 4.79 Å². The zero-order valence-electron chi connectivity index (χ0n) is 13.3. The van der Waals surface area contributed by atoms with E-state index in [1.54, 1.807) is 18.5 Å². The van der Waals surface area contributed by atoms with E-state index >= 15 is 0 Å². The zero-order valence-corrected chi connectivity index (χ0v) is 13.3. The van der Waals surface area contributed by atoms with Gasteiger partial charge in [0, 0.05) is 31.8 Å². The van der Waals surface area contributed by atoms with Crippen LogP contribution in [0.1, 0.15) is 24.7 Å². The van der Waals surface area contributed by atoms with Crippen LogP contribution >= 0.6 is 0 Å². The van der Waals surface area contributed by atoms with Gasteiger partial charge < -0.3 is 9.64 Å². The standard InChI is InChI=1S/C18H21N3O2/c1-18(15-6-3-2-4-7-15)14-21(12-13-23-18)17(22)9-8-16-19-10-5-11-20-16/h2-7,10-11H,8-9,12-14H2,1H3. The van der Waals surface area contributed by atoms with Gasteiger partial charge in [-0.15, -0.1) is 0 Å². The Hall–Kier alpha value is -2.27. The van der Waals surface area contributed by atoms with E-state index in [9.17, 15) is 4.79 Å². The molecule has 120 valence electrons. The number of carbonyl (C=O) groups excluding carboxylic acids is 1. The highest BCUT2D eigenvalue weighted by Crippen LogP contribution is 2.29. The molecule has 1 fully saturated rings. The summed E-state index contributed by atoms with van der Waals surface area (Å²) in [6.07, 6.45) is 4.40. The normalized spacial score (nSPS) is 21.2. The molecule has 1 aromatic carbocycles. The molecule has 5 heteroatoms. The first kappa shape index (κ1) is 15.6. The van der Waals surface area contributed by atoms with Crippen molar-refractivity contribution in [1.29, 1.82) is 0 Å². The molecule has 1 aliphatic rings. The molecule has 23 heavy (non-hydrogen) atoms. The second kappa shape index (κ2) is 6.87. The summed E-state index contributed by atoms with van der Waals surface area (Å²) in [5, 5.41) is 0. The smallest absolute Gasteiger partial charge is 0.223 e. The Kier molecular flexibility index (Phi) is 4.67. The Morgan fingerprint density at radius 2 is 1.96 bits per heavy atom. The van der Waals surface area contributed by atoms with Gasteiger partial charge in [-0.25, -0.2) is 9.97 Å². The van der Waals surface area contributed by atoms with Crippen molar-refractivity contribution in [2.75, 3.05) is 19.7 Å². The maximum Gasteiger partial charge on any atom is 0.223 e.